The molecular weight excluding hydrogens is 260 g/mol. The molecule has 0 aliphatic heterocycles. The van der Waals surface area contributed by atoms with Gasteiger partial charge in [0.25, 0.3) is 0 Å². The summed E-state index contributed by atoms with van der Waals surface area (Å²) in [6.07, 6.45) is 3.59. The smallest absolute Gasteiger partial charge is 0.338 e. The fourth-order valence-electron chi connectivity index (χ4n) is 2.48. The highest BCUT2D eigenvalue weighted by Gasteiger charge is 2.25. The minimum atomic E-state index is -0.459. The summed E-state index contributed by atoms with van der Waals surface area (Å²) in [6, 6.07) is 7.79. The van der Waals surface area contributed by atoms with Gasteiger partial charge in [0, 0.05) is 0 Å². The zero-order chi connectivity index (χ0) is 15.6. The van der Waals surface area contributed by atoms with E-state index in [9.17, 15) is 4.79 Å². The van der Waals surface area contributed by atoms with Crippen LogP contribution in [0.5, 0.6) is 0 Å². The van der Waals surface area contributed by atoms with Gasteiger partial charge in [-0.05, 0) is 69.6 Å². The molecule has 0 saturated heterocycles. The Morgan fingerprint density at radius 2 is 2.05 bits per heavy atom. The summed E-state index contributed by atoms with van der Waals surface area (Å²) < 4.78 is 5.43. The van der Waals surface area contributed by atoms with Crippen molar-refractivity contribution in [1.82, 2.24) is 0 Å². The van der Waals surface area contributed by atoms with Crippen LogP contribution in [0.15, 0.2) is 36.4 Å². The Bertz CT molecular complexity index is 533. The van der Waals surface area contributed by atoms with Gasteiger partial charge in [0.1, 0.15) is 5.60 Å². The first kappa shape index (κ1) is 15.8. The molecule has 0 bridgehead atoms. The van der Waals surface area contributed by atoms with Gasteiger partial charge in [-0.15, -0.1) is 0 Å². The Morgan fingerprint density at radius 3 is 2.62 bits per heavy atom. The average Bonchev–Trinajstić information content (AvgIpc) is 3.21. The van der Waals surface area contributed by atoms with E-state index in [0.29, 0.717) is 11.5 Å². The van der Waals surface area contributed by atoms with Crippen molar-refractivity contribution in [2.75, 3.05) is 0 Å². The Morgan fingerprint density at radius 1 is 1.38 bits per heavy atom. The lowest BCUT2D eigenvalue weighted by molar-refractivity contribution is 0.00694. The number of rotatable bonds is 5. The molecule has 1 fully saturated rings. The first-order valence-corrected chi connectivity index (χ1v) is 7.77. The van der Waals surface area contributed by atoms with Crippen LogP contribution in [-0.4, -0.2) is 11.6 Å². The van der Waals surface area contributed by atoms with Crippen LogP contribution in [0.1, 0.15) is 68.8 Å². The van der Waals surface area contributed by atoms with Gasteiger partial charge in [-0.25, -0.2) is 4.79 Å². The number of carbonyl (C=O) groups is 1. The van der Waals surface area contributed by atoms with Gasteiger partial charge in [-0.2, -0.15) is 0 Å². The van der Waals surface area contributed by atoms with E-state index < -0.39 is 5.60 Å². The van der Waals surface area contributed by atoms with Crippen LogP contribution in [0.2, 0.25) is 0 Å². The highest BCUT2D eigenvalue weighted by molar-refractivity contribution is 5.89. The van der Waals surface area contributed by atoms with Gasteiger partial charge in [0.05, 0.1) is 5.56 Å². The summed E-state index contributed by atoms with van der Waals surface area (Å²) in [4.78, 5) is 12.1. The molecule has 2 rings (SSSR count). The molecule has 1 aliphatic rings. The first-order chi connectivity index (χ1) is 9.76. The van der Waals surface area contributed by atoms with Gasteiger partial charge in [0.15, 0.2) is 0 Å². The lowest BCUT2D eigenvalue weighted by Gasteiger charge is -2.20. The largest absolute Gasteiger partial charge is 0.456 e. The van der Waals surface area contributed by atoms with Gasteiger partial charge < -0.3 is 4.74 Å². The van der Waals surface area contributed by atoms with Crippen molar-refractivity contribution in [3.05, 3.63) is 47.5 Å². The monoisotopic (exact) mass is 286 g/mol. The van der Waals surface area contributed by atoms with Crippen molar-refractivity contribution < 1.29 is 9.53 Å². The van der Waals surface area contributed by atoms with Crippen LogP contribution >= 0.6 is 0 Å². The molecule has 0 radical (unpaired) electrons. The van der Waals surface area contributed by atoms with E-state index in [0.717, 1.165) is 12.3 Å². The third-order valence-electron chi connectivity index (χ3n) is 3.81. The normalized spacial score (nSPS) is 16.4. The Balaban J connectivity index is 2.05. The predicted molar refractivity (Wildman–Crippen MR) is 86.5 cm³/mol. The van der Waals surface area contributed by atoms with Crippen molar-refractivity contribution >= 4 is 5.97 Å². The average molecular weight is 286 g/mol. The van der Waals surface area contributed by atoms with Gasteiger partial charge >= 0.3 is 5.97 Å². The van der Waals surface area contributed by atoms with Crippen LogP contribution in [0.3, 0.4) is 0 Å². The molecule has 21 heavy (non-hydrogen) atoms. The molecule has 2 heteroatoms. The molecule has 114 valence electrons. The van der Waals surface area contributed by atoms with Crippen LogP contribution < -0.4 is 0 Å². The molecule has 2 nitrogen and oxygen atoms in total. The van der Waals surface area contributed by atoms with E-state index in [4.69, 9.17) is 4.74 Å². The van der Waals surface area contributed by atoms with E-state index in [1.165, 1.54) is 24.0 Å². The van der Waals surface area contributed by atoms with E-state index in [1.807, 2.05) is 39.0 Å². The van der Waals surface area contributed by atoms with Crippen LogP contribution in [0.4, 0.5) is 0 Å². The molecule has 1 aromatic rings. The van der Waals surface area contributed by atoms with Gasteiger partial charge in [0.2, 0.25) is 0 Å². The lowest BCUT2D eigenvalue weighted by atomic mass is 9.91. The summed E-state index contributed by atoms with van der Waals surface area (Å²) in [5.74, 6) is 0.875. The second-order valence-electron chi connectivity index (χ2n) is 7.17. The van der Waals surface area contributed by atoms with Crippen molar-refractivity contribution in [2.45, 2.75) is 58.5 Å². The molecule has 0 N–H and O–H groups in total. The number of ether oxygens (including phenoxy) is 1. The van der Waals surface area contributed by atoms with Crippen LogP contribution in [0.25, 0.3) is 0 Å². The summed E-state index contributed by atoms with van der Waals surface area (Å²) in [5, 5.41) is 0. The Kier molecular flexibility index (Phi) is 4.55. The summed E-state index contributed by atoms with van der Waals surface area (Å²) in [7, 11) is 0. The number of allylic oxidation sites excluding steroid dienone is 1. The zero-order valence-corrected chi connectivity index (χ0v) is 13.6. The van der Waals surface area contributed by atoms with Crippen molar-refractivity contribution in [3.63, 3.8) is 0 Å². The minimum absolute atomic E-state index is 0.252. The van der Waals surface area contributed by atoms with E-state index in [1.54, 1.807) is 0 Å². The van der Waals surface area contributed by atoms with Gasteiger partial charge in [-0.3, -0.25) is 0 Å². The molecule has 1 aromatic carbocycles. The molecule has 0 heterocycles. The van der Waals surface area contributed by atoms with Crippen molar-refractivity contribution in [2.24, 2.45) is 5.92 Å². The van der Waals surface area contributed by atoms with E-state index in [2.05, 4.69) is 19.6 Å². The second kappa shape index (κ2) is 6.05. The quantitative estimate of drug-likeness (QED) is 0.556. The summed E-state index contributed by atoms with van der Waals surface area (Å²) in [5.41, 5.74) is 2.70. The lowest BCUT2D eigenvalue weighted by Crippen LogP contribution is -2.23. The number of esters is 1. The maximum atomic E-state index is 12.1. The molecule has 0 spiro atoms. The highest BCUT2D eigenvalue weighted by Crippen LogP contribution is 2.39. The Labute approximate surface area is 128 Å². The number of hydrogen-bond donors (Lipinski definition) is 0. The third-order valence-corrected chi connectivity index (χ3v) is 3.81. The molecule has 1 aliphatic carbocycles. The van der Waals surface area contributed by atoms with Crippen LogP contribution in [-0.2, 0) is 4.74 Å². The fraction of sp³-hybridized carbons (Fsp3) is 0.526. The van der Waals surface area contributed by atoms with Crippen LogP contribution in [0, 0.1) is 5.92 Å². The standard InChI is InChI=1S/C19H26O2/c1-13(15-9-10-15)11-14(2)16-7-6-8-17(12-16)18(20)21-19(3,4)5/h6-8,12,14-15H,1,9-11H2,2-5H3/t14-/m1/s1. The molecule has 0 unspecified atom stereocenters. The van der Waals surface area contributed by atoms with Gasteiger partial charge in [-0.1, -0.05) is 31.2 Å². The molecule has 0 amide bonds. The fourth-order valence-corrected chi connectivity index (χ4v) is 2.48. The molecule has 1 atom stereocenters. The predicted octanol–water partition coefficient (Wildman–Crippen LogP) is 5.10. The summed E-state index contributed by atoms with van der Waals surface area (Å²) >= 11 is 0. The van der Waals surface area contributed by atoms with Crippen molar-refractivity contribution in [3.8, 4) is 0 Å². The first-order valence-electron chi connectivity index (χ1n) is 7.77. The summed E-state index contributed by atoms with van der Waals surface area (Å²) in [6.45, 7) is 12.1. The Hall–Kier alpha value is -1.57. The minimum Gasteiger partial charge on any atom is -0.456 e. The number of hydrogen-bond acceptors (Lipinski definition) is 2. The molecule has 0 aromatic heterocycles. The molecular formula is C19H26O2. The zero-order valence-electron chi connectivity index (χ0n) is 13.6. The topological polar surface area (TPSA) is 26.3 Å². The maximum Gasteiger partial charge on any atom is 0.338 e. The maximum absolute atomic E-state index is 12.1. The molecule has 1 saturated carbocycles. The van der Waals surface area contributed by atoms with Crippen molar-refractivity contribution in [1.29, 1.82) is 0 Å². The highest BCUT2D eigenvalue weighted by atomic mass is 16.6. The third kappa shape index (κ3) is 4.73. The number of carbonyl (C=O) groups excluding carboxylic acids is 1. The second-order valence-corrected chi connectivity index (χ2v) is 7.17. The number of benzene rings is 1. The SMILES string of the molecule is C=C(C[C@@H](C)c1cccc(C(=O)OC(C)(C)C)c1)C1CC1. The van der Waals surface area contributed by atoms with E-state index in [-0.39, 0.29) is 5.97 Å². The van der Waals surface area contributed by atoms with E-state index >= 15 is 0 Å².